The summed E-state index contributed by atoms with van der Waals surface area (Å²) in [6.45, 7) is 4.23. The van der Waals surface area contributed by atoms with Gasteiger partial charge < -0.3 is 19.9 Å². The lowest BCUT2D eigenvalue weighted by atomic mass is 9.76. The molecule has 3 amide bonds. The first-order chi connectivity index (χ1) is 13.4. The Morgan fingerprint density at radius 1 is 1.25 bits per heavy atom. The molecule has 0 saturated carbocycles. The van der Waals surface area contributed by atoms with Crippen molar-refractivity contribution in [3.63, 3.8) is 0 Å². The first-order valence-corrected chi connectivity index (χ1v) is 10.4. The molecule has 0 aromatic heterocycles. The molecule has 0 unspecified atom stereocenters. The highest BCUT2D eigenvalue weighted by Crippen LogP contribution is 2.46. The summed E-state index contributed by atoms with van der Waals surface area (Å²) in [6.07, 6.45) is 5.00. The van der Waals surface area contributed by atoms with Crippen molar-refractivity contribution in [1.82, 2.24) is 15.1 Å². The van der Waals surface area contributed by atoms with Crippen LogP contribution in [0.15, 0.2) is 24.3 Å². The van der Waals surface area contributed by atoms with Crippen molar-refractivity contribution < 1.29 is 14.3 Å². The molecule has 0 radical (unpaired) electrons. The van der Waals surface area contributed by atoms with E-state index in [1.807, 2.05) is 23.1 Å². The number of carbonyl (C=O) groups is 2. The van der Waals surface area contributed by atoms with Crippen LogP contribution in [0.4, 0.5) is 4.79 Å². The van der Waals surface area contributed by atoms with Crippen LogP contribution in [0.1, 0.15) is 56.9 Å². The topological polar surface area (TPSA) is 61.9 Å². The van der Waals surface area contributed by atoms with E-state index in [2.05, 4.69) is 18.3 Å². The highest BCUT2D eigenvalue weighted by Gasteiger charge is 2.44. The van der Waals surface area contributed by atoms with Crippen molar-refractivity contribution in [2.45, 2.75) is 57.0 Å². The molecule has 28 heavy (non-hydrogen) atoms. The first kappa shape index (κ1) is 20.5. The zero-order valence-electron chi connectivity index (χ0n) is 17.4. The molecule has 1 N–H and O–H groups in total. The lowest BCUT2D eigenvalue weighted by molar-refractivity contribution is -0.129. The van der Waals surface area contributed by atoms with Gasteiger partial charge >= 0.3 is 6.03 Å². The predicted octanol–water partition coefficient (Wildman–Crippen LogP) is 3.38. The van der Waals surface area contributed by atoms with Gasteiger partial charge in [0.25, 0.3) is 0 Å². The second-order valence-corrected chi connectivity index (χ2v) is 8.29. The number of nitrogens with one attached hydrogen (secondary N) is 1. The molecule has 1 atom stereocenters. The predicted molar refractivity (Wildman–Crippen MR) is 110 cm³/mol. The second kappa shape index (κ2) is 8.84. The maximum Gasteiger partial charge on any atom is 0.317 e. The number of likely N-dealkylation sites (tertiary alicyclic amines) is 1. The summed E-state index contributed by atoms with van der Waals surface area (Å²) in [6, 6.07) is 8.10. The number of fused-ring (bicyclic) bond motifs is 1. The normalized spacial score (nSPS) is 20.2. The molecule has 1 spiro atoms. The quantitative estimate of drug-likeness (QED) is 0.788. The van der Waals surface area contributed by atoms with Gasteiger partial charge in [0.1, 0.15) is 11.4 Å². The van der Waals surface area contributed by atoms with Gasteiger partial charge in [0, 0.05) is 58.9 Å². The Morgan fingerprint density at radius 2 is 1.96 bits per heavy atom. The largest absolute Gasteiger partial charge is 0.487 e. The number of hydrogen-bond donors (Lipinski definition) is 1. The molecule has 2 aliphatic rings. The van der Waals surface area contributed by atoms with Crippen molar-refractivity contribution in [3.8, 4) is 5.75 Å². The number of carbonyl (C=O) groups excluding carboxylic acids is 2. The number of benzene rings is 1. The molecule has 3 rings (SSSR count). The maximum absolute atomic E-state index is 12.4. The van der Waals surface area contributed by atoms with Gasteiger partial charge in [-0.1, -0.05) is 31.5 Å². The maximum atomic E-state index is 12.4. The van der Waals surface area contributed by atoms with E-state index in [0.717, 1.165) is 50.0 Å². The van der Waals surface area contributed by atoms with Crippen LogP contribution >= 0.6 is 0 Å². The average Bonchev–Trinajstić information content (AvgIpc) is 2.68. The van der Waals surface area contributed by atoms with Crippen LogP contribution in [-0.4, -0.2) is 61.1 Å². The molecular formula is C22H33N3O3. The van der Waals surface area contributed by atoms with Gasteiger partial charge in [-0.2, -0.15) is 0 Å². The molecular weight excluding hydrogens is 354 g/mol. The monoisotopic (exact) mass is 387 g/mol. The minimum Gasteiger partial charge on any atom is -0.487 e. The fourth-order valence-corrected chi connectivity index (χ4v) is 4.23. The Labute approximate surface area is 168 Å². The third-order valence-electron chi connectivity index (χ3n) is 5.99. The van der Waals surface area contributed by atoms with Crippen molar-refractivity contribution in [2.24, 2.45) is 0 Å². The fraction of sp³-hybridized carbons (Fsp3) is 0.636. The summed E-state index contributed by atoms with van der Waals surface area (Å²) < 4.78 is 6.48. The number of ether oxygens (including phenoxy) is 1. The lowest BCUT2D eigenvalue weighted by Crippen LogP contribution is -2.53. The highest BCUT2D eigenvalue weighted by molar-refractivity contribution is 5.77. The number of amides is 3. The fourth-order valence-electron chi connectivity index (χ4n) is 4.23. The van der Waals surface area contributed by atoms with E-state index in [4.69, 9.17) is 4.74 Å². The van der Waals surface area contributed by atoms with Gasteiger partial charge in [0.15, 0.2) is 0 Å². The molecule has 1 saturated heterocycles. The Kier molecular flexibility index (Phi) is 6.47. The lowest BCUT2D eigenvalue weighted by Gasteiger charge is -2.47. The first-order valence-electron chi connectivity index (χ1n) is 10.4. The summed E-state index contributed by atoms with van der Waals surface area (Å²) in [5.41, 5.74) is 0.842. The number of hydrogen-bond acceptors (Lipinski definition) is 3. The van der Waals surface area contributed by atoms with E-state index in [1.165, 1.54) is 0 Å². The molecule has 1 aromatic rings. The van der Waals surface area contributed by atoms with Crippen LogP contribution < -0.4 is 10.1 Å². The number of urea groups is 1. The summed E-state index contributed by atoms with van der Waals surface area (Å²) in [4.78, 5) is 28.3. The smallest absolute Gasteiger partial charge is 0.317 e. The van der Waals surface area contributed by atoms with E-state index < -0.39 is 0 Å². The van der Waals surface area contributed by atoms with Crippen molar-refractivity contribution in [2.75, 3.05) is 33.7 Å². The summed E-state index contributed by atoms with van der Waals surface area (Å²) >= 11 is 0. The number of unbranched alkanes of at least 4 members (excludes halogenated alkanes) is 1. The van der Waals surface area contributed by atoms with Crippen LogP contribution in [0.2, 0.25) is 0 Å². The molecule has 2 aliphatic heterocycles. The highest BCUT2D eigenvalue weighted by atomic mass is 16.5. The van der Waals surface area contributed by atoms with E-state index in [0.29, 0.717) is 19.5 Å². The van der Waals surface area contributed by atoms with Crippen LogP contribution in [-0.2, 0) is 4.79 Å². The van der Waals surface area contributed by atoms with Gasteiger partial charge in [0.05, 0.1) is 0 Å². The molecule has 6 nitrogen and oxygen atoms in total. The molecule has 0 bridgehead atoms. The van der Waals surface area contributed by atoms with Crippen molar-refractivity contribution >= 4 is 11.9 Å². The SMILES string of the molecule is CCCCNC(=O)N1CCC2(CC1)C[C@H](CC(=O)N(C)C)c1ccccc1O2. The molecule has 1 fully saturated rings. The van der Waals surface area contributed by atoms with Crippen molar-refractivity contribution in [3.05, 3.63) is 29.8 Å². The van der Waals surface area contributed by atoms with E-state index in [-0.39, 0.29) is 23.5 Å². The molecule has 2 heterocycles. The molecule has 0 aliphatic carbocycles. The second-order valence-electron chi connectivity index (χ2n) is 8.29. The van der Waals surface area contributed by atoms with Gasteiger partial charge in [-0.05, 0) is 24.5 Å². The Balaban J connectivity index is 1.68. The van der Waals surface area contributed by atoms with Crippen LogP contribution in [0, 0.1) is 0 Å². The van der Waals surface area contributed by atoms with Gasteiger partial charge in [0.2, 0.25) is 5.91 Å². The summed E-state index contributed by atoms with van der Waals surface area (Å²) in [5, 5.41) is 3.00. The number of piperidine rings is 1. The van der Waals surface area contributed by atoms with Gasteiger partial charge in [-0.3, -0.25) is 4.79 Å². The number of nitrogens with zero attached hydrogens (tertiary/aromatic N) is 2. The van der Waals surface area contributed by atoms with Crippen LogP contribution in [0.3, 0.4) is 0 Å². The molecule has 6 heteroatoms. The summed E-state index contributed by atoms with van der Waals surface area (Å²) in [5.74, 6) is 1.19. The minimum atomic E-state index is -0.286. The third kappa shape index (κ3) is 4.59. The Bertz CT molecular complexity index is 696. The minimum absolute atomic E-state index is 0.0267. The summed E-state index contributed by atoms with van der Waals surface area (Å²) in [7, 11) is 3.61. The van der Waals surface area contributed by atoms with Gasteiger partial charge in [-0.15, -0.1) is 0 Å². The van der Waals surface area contributed by atoms with E-state index in [1.54, 1.807) is 19.0 Å². The molecule has 154 valence electrons. The Hall–Kier alpha value is -2.24. The van der Waals surface area contributed by atoms with Gasteiger partial charge in [-0.25, -0.2) is 4.79 Å². The zero-order chi connectivity index (χ0) is 20.1. The van der Waals surface area contributed by atoms with Crippen molar-refractivity contribution in [1.29, 1.82) is 0 Å². The standard InChI is InChI=1S/C22H33N3O3/c1-4-5-12-23-21(27)25-13-10-22(11-14-25)16-17(15-20(26)24(2)3)18-8-6-7-9-19(18)28-22/h6-9,17H,4-5,10-16H2,1-3H3,(H,23,27)/t17-/m0/s1. The van der Waals surface area contributed by atoms with E-state index in [9.17, 15) is 9.59 Å². The van der Waals surface area contributed by atoms with E-state index >= 15 is 0 Å². The van der Waals surface area contributed by atoms with Crippen LogP contribution in [0.25, 0.3) is 0 Å². The zero-order valence-corrected chi connectivity index (χ0v) is 17.4. The third-order valence-corrected chi connectivity index (χ3v) is 5.99. The molecule has 1 aromatic carbocycles. The Morgan fingerprint density at radius 3 is 2.64 bits per heavy atom. The van der Waals surface area contributed by atoms with Crippen LogP contribution in [0.5, 0.6) is 5.75 Å². The average molecular weight is 388 g/mol. The number of rotatable bonds is 5. The number of para-hydroxylation sites is 1.